The van der Waals surface area contributed by atoms with E-state index in [2.05, 4.69) is 16.4 Å². The molecule has 0 atom stereocenters. The number of thiophene rings is 1. The third kappa shape index (κ3) is 4.46. The number of rotatable bonds is 5. The molecule has 0 saturated carbocycles. The van der Waals surface area contributed by atoms with Crippen molar-refractivity contribution in [2.24, 2.45) is 0 Å². The van der Waals surface area contributed by atoms with E-state index in [1.807, 2.05) is 50.2 Å². The predicted molar refractivity (Wildman–Crippen MR) is 102 cm³/mol. The fraction of sp³-hybridized carbons (Fsp3) is 0.158. The van der Waals surface area contributed by atoms with E-state index < -0.39 is 0 Å². The van der Waals surface area contributed by atoms with Gasteiger partial charge in [-0.15, -0.1) is 23.1 Å². The molecule has 0 aliphatic heterocycles. The Labute approximate surface area is 150 Å². The quantitative estimate of drug-likeness (QED) is 0.632. The summed E-state index contributed by atoms with van der Waals surface area (Å²) >= 11 is 3.26. The number of amides is 1. The third-order valence-electron chi connectivity index (χ3n) is 3.42. The largest absolute Gasteiger partial charge is 0.321 e. The van der Waals surface area contributed by atoms with Crippen molar-refractivity contribution >= 4 is 34.7 Å². The van der Waals surface area contributed by atoms with E-state index >= 15 is 0 Å². The van der Waals surface area contributed by atoms with E-state index in [9.17, 15) is 4.79 Å². The highest BCUT2D eigenvalue weighted by Crippen LogP contribution is 2.30. The summed E-state index contributed by atoms with van der Waals surface area (Å²) in [5.74, 6) is 0.821. The second-order valence-corrected chi connectivity index (χ2v) is 7.95. The Morgan fingerprint density at radius 2 is 1.79 bits per heavy atom. The van der Waals surface area contributed by atoms with Crippen LogP contribution in [-0.2, 0) is 5.75 Å². The third-order valence-corrected chi connectivity index (χ3v) is 5.80. The van der Waals surface area contributed by atoms with E-state index in [-0.39, 0.29) is 5.91 Å². The van der Waals surface area contributed by atoms with E-state index in [1.54, 1.807) is 24.2 Å². The minimum absolute atomic E-state index is 0.0549. The van der Waals surface area contributed by atoms with Crippen molar-refractivity contribution in [3.8, 4) is 0 Å². The van der Waals surface area contributed by atoms with Crippen LogP contribution in [0.2, 0.25) is 0 Å². The summed E-state index contributed by atoms with van der Waals surface area (Å²) in [6.07, 6.45) is 3.60. The van der Waals surface area contributed by atoms with Crippen molar-refractivity contribution in [1.29, 1.82) is 0 Å². The lowest BCUT2D eigenvalue weighted by atomic mass is 10.1. The molecule has 1 amide bonds. The van der Waals surface area contributed by atoms with Crippen molar-refractivity contribution in [2.75, 3.05) is 5.32 Å². The highest BCUT2D eigenvalue weighted by molar-refractivity contribution is 8.00. The molecule has 0 bridgehead atoms. The zero-order chi connectivity index (χ0) is 16.9. The van der Waals surface area contributed by atoms with Crippen LogP contribution in [0.5, 0.6) is 0 Å². The maximum Gasteiger partial charge on any atom is 0.265 e. The van der Waals surface area contributed by atoms with Crippen LogP contribution >= 0.6 is 23.1 Å². The molecule has 0 fully saturated rings. The molecule has 0 unspecified atom stereocenters. The molecule has 1 aromatic carbocycles. The summed E-state index contributed by atoms with van der Waals surface area (Å²) in [7, 11) is 0. The topological polar surface area (TPSA) is 42.0 Å². The first kappa shape index (κ1) is 16.7. The van der Waals surface area contributed by atoms with Gasteiger partial charge in [-0.25, -0.2) is 0 Å². The number of benzene rings is 1. The zero-order valence-electron chi connectivity index (χ0n) is 13.6. The van der Waals surface area contributed by atoms with Crippen LogP contribution in [0, 0.1) is 13.8 Å². The van der Waals surface area contributed by atoms with Crippen LogP contribution in [0.4, 0.5) is 5.69 Å². The lowest BCUT2D eigenvalue weighted by molar-refractivity contribution is 0.103. The van der Waals surface area contributed by atoms with E-state index in [0.29, 0.717) is 0 Å². The van der Waals surface area contributed by atoms with Gasteiger partial charge in [0.2, 0.25) is 0 Å². The number of carbonyl (C=O) groups is 1. The number of nitrogens with one attached hydrogen (secondary N) is 1. The van der Waals surface area contributed by atoms with Gasteiger partial charge in [0, 0.05) is 23.8 Å². The van der Waals surface area contributed by atoms with Gasteiger partial charge in [-0.05, 0) is 66.9 Å². The molecule has 24 heavy (non-hydrogen) atoms. The van der Waals surface area contributed by atoms with Crippen LogP contribution in [-0.4, -0.2) is 10.9 Å². The molecule has 2 heterocycles. The highest BCUT2D eigenvalue weighted by Gasteiger charge is 2.10. The van der Waals surface area contributed by atoms with Crippen molar-refractivity contribution in [3.05, 3.63) is 76.4 Å². The van der Waals surface area contributed by atoms with Gasteiger partial charge in [0.25, 0.3) is 5.91 Å². The van der Waals surface area contributed by atoms with Gasteiger partial charge in [-0.2, -0.15) is 0 Å². The summed E-state index contributed by atoms with van der Waals surface area (Å²) in [4.78, 5) is 17.2. The molecule has 0 aliphatic rings. The number of hydrogen-bond donors (Lipinski definition) is 1. The number of anilines is 1. The molecule has 3 rings (SSSR count). The number of pyridine rings is 1. The lowest BCUT2D eigenvalue weighted by Crippen LogP contribution is -2.10. The number of hydrogen-bond acceptors (Lipinski definition) is 4. The maximum absolute atomic E-state index is 12.4. The number of aryl methyl sites for hydroxylation is 2. The van der Waals surface area contributed by atoms with Crippen LogP contribution in [0.15, 0.2) is 59.1 Å². The Morgan fingerprint density at radius 1 is 1.08 bits per heavy atom. The van der Waals surface area contributed by atoms with Gasteiger partial charge in [0.15, 0.2) is 0 Å². The maximum atomic E-state index is 12.4. The van der Waals surface area contributed by atoms with E-state index in [0.717, 1.165) is 31.7 Å². The molecule has 0 saturated heterocycles. The first-order valence-corrected chi connectivity index (χ1v) is 9.41. The van der Waals surface area contributed by atoms with Gasteiger partial charge in [0.05, 0.1) is 9.09 Å². The van der Waals surface area contributed by atoms with Crippen molar-refractivity contribution in [2.45, 2.75) is 23.8 Å². The zero-order valence-corrected chi connectivity index (χ0v) is 15.2. The second kappa shape index (κ2) is 7.64. The van der Waals surface area contributed by atoms with Crippen molar-refractivity contribution in [3.63, 3.8) is 0 Å². The fourth-order valence-electron chi connectivity index (χ4n) is 2.39. The van der Waals surface area contributed by atoms with Crippen LogP contribution < -0.4 is 5.32 Å². The molecule has 122 valence electrons. The molecule has 5 heteroatoms. The average Bonchev–Trinajstić information content (AvgIpc) is 3.02. The van der Waals surface area contributed by atoms with Gasteiger partial charge in [-0.1, -0.05) is 6.07 Å². The smallest absolute Gasteiger partial charge is 0.265 e. The van der Waals surface area contributed by atoms with Gasteiger partial charge < -0.3 is 5.32 Å². The number of thioether (sulfide) groups is 1. The molecule has 3 aromatic rings. The number of nitrogens with zero attached hydrogens (tertiary/aromatic N) is 1. The Balaban J connectivity index is 1.63. The van der Waals surface area contributed by atoms with Crippen LogP contribution in [0.25, 0.3) is 0 Å². The Bertz CT molecular complexity index is 823. The lowest BCUT2D eigenvalue weighted by Gasteiger charge is -2.06. The summed E-state index contributed by atoms with van der Waals surface area (Å²) in [6.45, 7) is 4.06. The minimum Gasteiger partial charge on any atom is -0.321 e. The Hall–Kier alpha value is -2.11. The molecular formula is C19H18N2OS2. The summed E-state index contributed by atoms with van der Waals surface area (Å²) < 4.78 is 1.14. The van der Waals surface area contributed by atoms with Crippen molar-refractivity contribution < 1.29 is 4.79 Å². The van der Waals surface area contributed by atoms with Crippen LogP contribution in [0.3, 0.4) is 0 Å². The Kier molecular flexibility index (Phi) is 5.33. The summed E-state index contributed by atoms with van der Waals surface area (Å²) in [5.41, 5.74) is 4.36. The van der Waals surface area contributed by atoms with Gasteiger partial charge in [-0.3, -0.25) is 9.78 Å². The minimum atomic E-state index is -0.0549. The normalized spacial score (nSPS) is 10.6. The second-order valence-electron chi connectivity index (χ2n) is 5.59. The molecule has 1 N–H and O–H groups in total. The molecular weight excluding hydrogens is 336 g/mol. The van der Waals surface area contributed by atoms with Gasteiger partial charge in [0.1, 0.15) is 0 Å². The molecule has 3 nitrogen and oxygen atoms in total. The molecule has 0 aliphatic carbocycles. The SMILES string of the molecule is Cc1cc(C)cc(NC(=O)c2ccc(SCc3ccncc3)s2)c1. The first-order valence-electron chi connectivity index (χ1n) is 7.61. The first-order chi connectivity index (χ1) is 11.6. The van der Waals surface area contributed by atoms with Crippen molar-refractivity contribution in [1.82, 2.24) is 4.98 Å². The summed E-state index contributed by atoms with van der Waals surface area (Å²) in [5, 5.41) is 2.98. The number of aromatic nitrogens is 1. The monoisotopic (exact) mass is 354 g/mol. The van der Waals surface area contributed by atoms with Crippen LogP contribution in [0.1, 0.15) is 26.4 Å². The molecule has 0 radical (unpaired) electrons. The average molecular weight is 354 g/mol. The number of carbonyl (C=O) groups excluding carboxylic acids is 1. The van der Waals surface area contributed by atoms with E-state index in [4.69, 9.17) is 0 Å². The summed E-state index contributed by atoms with van der Waals surface area (Å²) in [6, 6.07) is 14.0. The fourth-order valence-corrected chi connectivity index (χ4v) is 4.37. The predicted octanol–water partition coefficient (Wildman–Crippen LogP) is 5.30. The highest BCUT2D eigenvalue weighted by atomic mass is 32.2. The molecule has 2 aromatic heterocycles. The standard InChI is InChI=1S/C19H18N2OS2/c1-13-9-14(2)11-16(10-13)21-19(22)17-3-4-18(24-17)23-12-15-5-7-20-8-6-15/h3-11H,12H2,1-2H3,(H,21,22). The molecule has 0 spiro atoms. The Morgan fingerprint density at radius 3 is 2.50 bits per heavy atom. The van der Waals surface area contributed by atoms with Gasteiger partial charge >= 0.3 is 0 Å². The van der Waals surface area contributed by atoms with E-state index in [1.165, 1.54) is 16.9 Å².